The van der Waals surface area contributed by atoms with Gasteiger partial charge in [0, 0.05) is 0 Å². The monoisotopic (exact) mass is 377 g/mol. The van der Waals surface area contributed by atoms with Crippen LogP contribution in [-0.4, -0.2) is 27.8 Å². The quantitative estimate of drug-likeness (QED) is 0.491. The second-order valence-corrected chi connectivity index (χ2v) is 8.04. The number of ether oxygens (including phenoxy) is 1. The summed E-state index contributed by atoms with van der Waals surface area (Å²) in [4.78, 5) is 23.9. The molecule has 1 N–H and O–H groups in total. The minimum absolute atomic E-state index is 0.115. The highest BCUT2D eigenvalue weighted by Gasteiger charge is 2.31. The van der Waals surface area contributed by atoms with E-state index in [9.17, 15) is 9.59 Å². The number of alkyl halides is 3. The van der Waals surface area contributed by atoms with Crippen molar-refractivity contribution in [3.8, 4) is 0 Å². The summed E-state index contributed by atoms with van der Waals surface area (Å²) in [6.07, 6.45) is 1.62. The van der Waals surface area contributed by atoms with Gasteiger partial charge < -0.3 is 10.1 Å². The molecule has 7 heteroatoms. The maximum absolute atomic E-state index is 12.3. The minimum atomic E-state index is -2.09. The molecule has 0 spiro atoms. The molecule has 0 saturated carbocycles. The molecule has 1 aromatic carbocycles. The number of carbonyl (C=O) groups is 2. The predicted octanol–water partition coefficient (Wildman–Crippen LogP) is 3.90. The fourth-order valence-electron chi connectivity index (χ4n) is 1.55. The Balaban J connectivity index is 2.96. The van der Waals surface area contributed by atoms with Crippen LogP contribution in [0.5, 0.6) is 0 Å². The van der Waals surface area contributed by atoms with E-state index in [1.54, 1.807) is 26.8 Å². The highest BCUT2D eigenvalue weighted by molar-refractivity contribution is 6.76. The van der Waals surface area contributed by atoms with Crippen LogP contribution in [0.3, 0.4) is 0 Å². The predicted molar refractivity (Wildman–Crippen MR) is 93.6 cm³/mol. The first-order chi connectivity index (χ1) is 10.5. The highest BCUT2D eigenvalue weighted by Crippen LogP contribution is 2.26. The van der Waals surface area contributed by atoms with Gasteiger partial charge in [-0.15, -0.1) is 0 Å². The first-order valence-corrected chi connectivity index (χ1v) is 7.96. The van der Waals surface area contributed by atoms with Gasteiger partial charge in [-0.1, -0.05) is 65.1 Å². The largest absolute Gasteiger partial charge is 0.457 e. The average Bonchev–Trinajstić information content (AvgIpc) is 2.41. The molecule has 1 rings (SSSR count). The van der Waals surface area contributed by atoms with Crippen molar-refractivity contribution in [2.24, 2.45) is 0 Å². The lowest BCUT2D eigenvalue weighted by molar-refractivity contribution is -0.149. The Hall–Kier alpha value is -1.23. The third kappa shape index (κ3) is 7.73. The van der Waals surface area contributed by atoms with Gasteiger partial charge >= 0.3 is 5.97 Å². The van der Waals surface area contributed by atoms with Gasteiger partial charge in [0.25, 0.3) is 9.70 Å². The van der Waals surface area contributed by atoms with Crippen LogP contribution >= 0.6 is 34.8 Å². The molecule has 4 nitrogen and oxygen atoms in total. The van der Waals surface area contributed by atoms with Gasteiger partial charge in [0.15, 0.2) is 0 Å². The molecule has 0 aromatic heterocycles. The number of hydrogen-bond acceptors (Lipinski definition) is 3. The van der Waals surface area contributed by atoms with E-state index in [1.165, 1.54) is 0 Å². The Morgan fingerprint density at radius 3 is 2.17 bits per heavy atom. The van der Waals surface area contributed by atoms with Crippen molar-refractivity contribution in [1.29, 1.82) is 0 Å². The zero-order valence-corrected chi connectivity index (χ0v) is 15.3. The summed E-state index contributed by atoms with van der Waals surface area (Å²) >= 11 is 16.5. The molecule has 23 heavy (non-hydrogen) atoms. The second-order valence-electron chi connectivity index (χ2n) is 5.76. The number of carbonyl (C=O) groups excluding carboxylic acids is 2. The summed E-state index contributed by atoms with van der Waals surface area (Å²) in [7, 11) is 0. The van der Waals surface area contributed by atoms with Crippen molar-refractivity contribution in [3.05, 3.63) is 41.5 Å². The van der Waals surface area contributed by atoms with Crippen LogP contribution in [-0.2, 0) is 14.3 Å². The van der Waals surface area contributed by atoms with Gasteiger partial charge in [0.1, 0.15) is 5.60 Å². The van der Waals surface area contributed by atoms with E-state index in [0.29, 0.717) is 0 Å². The molecule has 0 unspecified atom stereocenters. The maximum atomic E-state index is 12.3. The third-order valence-electron chi connectivity index (χ3n) is 2.50. The number of halogens is 3. The second kappa shape index (κ2) is 8.04. The molecule has 0 bridgehead atoms. The number of nitrogens with one attached hydrogen (secondary N) is 1. The summed E-state index contributed by atoms with van der Waals surface area (Å²) in [6, 6.07) is 9.16. The lowest BCUT2D eigenvalue weighted by Gasteiger charge is -2.21. The van der Waals surface area contributed by atoms with Crippen LogP contribution in [0.1, 0.15) is 26.3 Å². The fourth-order valence-corrected chi connectivity index (χ4v) is 1.75. The fraction of sp³-hybridized carbons (Fsp3) is 0.375. The summed E-state index contributed by atoms with van der Waals surface area (Å²) in [5.74, 6) is -1.36. The molecule has 126 valence electrons. The van der Waals surface area contributed by atoms with Gasteiger partial charge in [-0.05, 0) is 32.4 Å². The summed E-state index contributed by atoms with van der Waals surface area (Å²) in [6.45, 7) is 5.15. The Kier molecular flexibility index (Phi) is 6.93. The first-order valence-electron chi connectivity index (χ1n) is 6.83. The number of benzene rings is 1. The van der Waals surface area contributed by atoms with Crippen LogP contribution in [0.2, 0.25) is 0 Å². The molecular formula is C16H18Cl3NO3. The Morgan fingerprint density at radius 1 is 1.13 bits per heavy atom. The molecule has 1 aromatic rings. The lowest BCUT2D eigenvalue weighted by atomic mass is 10.1. The zero-order valence-electron chi connectivity index (χ0n) is 13.0. The van der Waals surface area contributed by atoms with E-state index in [1.807, 2.05) is 30.3 Å². The van der Waals surface area contributed by atoms with Crippen molar-refractivity contribution < 1.29 is 14.3 Å². The van der Waals surface area contributed by atoms with Crippen LogP contribution in [0.4, 0.5) is 0 Å². The third-order valence-corrected chi connectivity index (χ3v) is 3.01. The normalized spacial score (nSPS) is 12.7. The van der Waals surface area contributed by atoms with Crippen molar-refractivity contribution in [1.82, 2.24) is 5.32 Å². The SMILES string of the molecule is CC(C)(C)OC(=O)/C(=C/c1ccccc1)CNC(=O)C(Cl)(Cl)Cl. The molecule has 0 fully saturated rings. The van der Waals surface area contributed by atoms with Crippen molar-refractivity contribution in [2.75, 3.05) is 6.54 Å². The first kappa shape index (κ1) is 19.8. The lowest BCUT2D eigenvalue weighted by Crippen LogP contribution is -2.37. The van der Waals surface area contributed by atoms with E-state index < -0.39 is 21.3 Å². The van der Waals surface area contributed by atoms with Crippen molar-refractivity contribution >= 4 is 52.8 Å². The number of hydrogen-bond donors (Lipinski definition) is 1. The highest BCUT2D eigenvalue weighted by atomic mass is 35.6. The van der Waals surface area contributed by atoms with Crippen LogP contribution in [0, 0.1) is 0 Å². The molecule has 0 aliphatic carbocycles. The standard InChI is InChI=1S/C16H18Cl3NO3/c1-15(2,3)23-13(21)12(9-11-7-5-4-6-8-11)10-20-14(22)16(17,18)19/h4-9H,10H2,1-3H3,(H,20,22)/b12-9+. The van der Waals surface area contributed by atoms with E-state index >= 15 is 0 Å². The van der Waals surface area contributed by atoms with Gasteiger partial charge in [-0.3, -0.25) is 4.79 Å². The van der Waals surface area contributed by atoms with E-state index in [-0.39, 0.29) is 12.1 Å². The minimum Gasteiger partial charge on any atom is -0.457 e. The van der Waals surface area contributed by atoms with E-state index in [0.717, 1.165) is 5.56 Å². The van der Waals surface area contributed by atoms with Crippen molar-refractivity contribution in [2.45, 2.75) is 30.2 Å². The van der Waals surface area contributed by atoms with Crippen LogP contribution < -0.4 is 5.32 Å². The van der Waals surface area contributed by atoms with Gasteiger partial charge in [0.2, 0.25) is 0 Å². The topological polar surface area (TPSA) is 55.4 Å². The van der Waals surface area contributed by atoms with Crippen molar-refractivity contribution in [3.63, 3.8) is 0 Å². The summed E-state index contributed by atoms with van der Waals surface area (Å²) in [5.41, 5.74) is 0.372. The number of amides is 1. The Bertz CT molecular complexity index is 587. The molecule has 0 aliphatic heterocycles. The van der Waals surface area contributed by atoms with Crippen LogP contribution in [0.15, 0.2) is 35.9 Å². The summed E-state index contributed by atoms with van der Waals surface area (Å²) < 4.78 is 3.24. The zero-order chi connectivity index (χ0) is 17.7. The molecule has 0 saturated heterocycles. The molecule has 0 aliphatic rings. The number of rotatable bonds is 4. The maximum Gasteiger partial charge on any atom is 0.336 e. The molecule has 0 atom stereocenters. The van der Waals surface area contributed by atoms with Gasteiger partial charge in [0.05, 0.1) is 12.1 Å². The Morgan fingerprint density at radius 2 is 1.70 bits per heavy atom. The molecule has 0 heterocycles. The smallest absolute Gasteiger partial charge is 0.336 e. The molecular weight excluding hydrogens is 361 g/mol. The van der Waals surface area contributed by atoms with E-state index in [2.05, 4.69) is 5.32 Å². The van der Waals surface area contributed by atoms with E-state index in [4.69, 9.17) is 39.5 Å². The summed E-state index contributed by atoms with van der Waals surface area (Å²) in [5, 5.41) is 2.41. The Labute approximate surface area is 150 Å². The van der Waals surface area contributed by atoms with Gasteiger partial charge in [-0.25, -0.2) is 4.79 Å². The number of esters is 1. The average molecular weight is 379 g/mol. The van der Waals surface area contributed by atoms with Crippen LogP contribution in [0.25, 0.3) is 6.08 Å². The molecule has 1 amide bonds. The molecule has 0 radical (unpaired) electrons. The van der Waals surface area contributed by atoms with Gasteiger partial charge in [-0.2, -0.15) is 0 Å².